The first-order chi connectivity index (χ1) is 12.0. The number of esters is 1. The summed E-state index contributed by atoms with van der Waals surface area (Å²) in [6.07, 6.45) is 0. The molecule has 0 aliphatic carbocycles. The fraction of sp³-hybridized carbons (Fsp3) is 0.632. The fourth-order valence-electron chi connectivity index (χ4n) is 1.85. The molecule has 0 bridgehead atoms. The SMILES string of the molecule is CC(C)(C)OC(=O)COCCOCCOCCOCc1ccccc1. The topological polar surface area (TPSA) is 63.2 Å². The monoisotopic (exact) mass is 354 g/mol. The first-order valence-corrected chi connectivity index (χ1v) is 8.54. The maximum absolute atomic E-state index is 11.4. The summed E-state index contributed by atoms with van der Waals surface area (Å²) in [4.78, 5) is 11.4. The third kappa shape index (κ3) is 13.5. The molecule has 0 saturated heterocycles. The molecule has 0 unspecified atom stereocenters. The Kier molecular flexibility index (Phi) is 11.1. The van der Waals surface area contributed by atoms with Gasteiger partial charge in [0.05, 0.1) is 46.2 Å². The van der Waals surface area contributed by atoms with E-state index in [4.69, 9.17) is 23.7 Å². The molecule has 0 aliphatic heterocycles. The maximum Gasteiger partial charge on any atom is 0.332 e. The molecule has 1 rings (SSSR count). The van der Waals surface area contributed by atoms with Crippen molar-refractivity contribution in [1.29, 1.82) is 0 Å². The molecule has 0 amide bonds. The lowest BCUT2D eigenvalue weighted by Gasteiger charge is -2.19. The van der Waals surface area contributed by atoms with Gasteiger partial charge in [0.2, 0.25) is 0 Å². The van der Waals surface area contributed by atoms with Gasteiger partial charge in [0.1, 0.15) is 12.2 Å². The van der Waals surface area contributed by atoms with E-state index in [1.807, 2.05) is 51.1 Å². The highest BCUT2D eigenvalue weighted by molar-refractivity contribution is 5.71. The molecule has 0 spiro atoms. The first kappa shape index (κ1) is 21.6. The molecule has 6 nitrogen and oxygen atoms in total. The van der Waals surface area contributed by atoms with Gasteiger partial charge in [-0.05, 0) is 26.3 Å². The minimum Gasteiger partial charge on any atom is -0.458 e. The summed E-state index contributed by atoms with van der Waals surface area (Å²) in [6.45, 7) is 8.82. The largest absolute Gasteiger partial charge is 0.458 e. The van der Waals surface area contributed by atoms with Crippen molar-refractivity contribution in [3.05, 3.63) is 35.9 Å². The fourth-order valence-corrected chi connectivity index (χ4v) is 1.85. The summed E-state index contributed by atoms with van der Waals surface area (Å²) in [7, 11) is 0. The second-order valence-electron chi connectivity index (χ2n) is 6.40. The second kappa shape index (κ2) is 12.8. The Labute approximate surface area is 150 Å². The Morgan fingerprint density at radius 1 is 0.800 bits per heavy atom. The second-order valence-corrected chi connectivity index (χ2v) is 6.40. The molecule has 0 radical (unpaired) electrons. The van der Waals surface area contributed by atoms with E-state index in [0.717, 1.165) is 5.56 Å². The lowest BCUT2D eigenvalue weighted by molar-refractivity contribution is -0.160. The van der Waals surface area contributed by atoms with Crippen molar-refractivity contribution in [1.82, 2.24) is 0 Å². The predicted octanol–water partition coefficient (Wildman–Crippen LogP) is 2.59. The van der Waals surface area contributed by atoms with Gasteiger partial charge in [0.15, 0.2) is 0 Å². The van der Waals surface area contributed by atoms with Gasteiger partial charge in [-0.25, -0.2) is 4.79 Å². The van der Waals surface area contributed by atoms with E-state index < -0.39 is 5.60 Å². The van der Waals surface area contributed by atoms with Crippen molar-refractivity contribution in [2.75, 3.05) is 46.2 Å². The third-order valence-corrected chi connectivity index (χ3v) is 2.87. The highest BCUT2D eigenvalue weighted by atomic mass is 16.6. The van der Waals surface area contributed by atoms with Gasteiger partial charge in [-0.3, -0.25) is 0 Å². The molecule has 0 heterocycles. The number of hydrogen-bond donors (Lipinski definition) is 0. The van der Waals surface area contributed by atoms with E-state index in [-0.39, 0.29) is 12.6 Å². The summed E-state index contributed by atoms with van der Waals surface area (Å²) < 4.78 is 26.6. The normalized spacial score (nSPS) is 11.5. The quantitative estimate of drug-likeness (QED) is 0.401. The average molecular weight is 354 g/mol. The van der Waals surface area contributed by atoms with Crippen LogP contribution >= 0.6 is 0 Å². The highest BCUT2D eigenvalue weighted by Crippen LogP contribution is 2.06. The molecule has 0 atom stereocenters. The van der Waals surface area contributed by atoms with E-state index in [2.05, 4.69) is 0 Å². The number of carbonyl (C=O) groups excluding carboxylic acids is 1. The van der Waals surface area contributed by atoms with Gasteiger partial charge in [-0.2, -0.15) is 0 Å². The van der Waals surface area contributed by atoms with Gasteiger partial charge in [0.25, 0.3) is 0 Å². The molecule has 142 valence electrons. The zero-order valence-corrected chi connectivity index (χ0v) is 15.5. The van der Waals surface area contributed by atoms with E-state index in [9.17, 15) is 4.79 Å². The number of rotatable bonds is 13. The van der Waals surface area contributed by atoms with Crippen LogP contribution < -0.4 is 0 Å². The molecule has 0 fully saturated rings. The summed E-state index contributed by atoms with van der Waals surface area (Å²) in [5.74, 6) is -0.369. The van der Waals surface area contributed by atoms with E-state index in [1.165, 1.54) is 0 Å². The van der Waals surface area contributed by atoms with Crippen LogP contribution in [0, 0.1) is 0 Å². The minimum absolute atomic E-state index is 0.0596. The Morgan fingerprint density at radius 2 is 1.32 bits per heavy atom. The highest BCUT2D eigenvalue weighted by Gasteiger charge is 2.15. The Balaban J connectivity index is 1.81. The summed E-state index contributed by atoms with van der Waals surface area (Å²) in [5.41, 5.74) is 0.663. The Morgan fingerprint density at radius 3 is 1.88 bits per heavy atom. The van der Waals surface area contributed by atoms with Gasteiger partial charge in [-0.1, -0.05) is 30.3 Å². The van der Waals surface area contributed by atoms with Crippen LogP contribution in [0.15, 0.2) is 30.3 Å². The van der Waals surface area contributed by atoms with Crippen LogP contribution in [0.25, 0.3) is 0 Å². The lowest BCUT2D eigenvalue weighted by Crippen LogP contribution is -2.27. The molecular formula is C19H30O6. The maximum atomic E-state index is 11.4. The lowest BCUT2D eigenvalue weighted by atomic mass is 10.2. The van der Waals surface area contributed by atoms with Crippen molar-refractivity contribution in [2.45, 2.75) is 33.0 Å². The molecule has 1 aromatic carbocycles. The third-order valence-electron chi connectivity index (χ3n) is 2.87. The van der Waals surface area contributed by atoms with Crippen LogP contribution in [-0.4, -0.2) is 57.8 Å². The number of benzene rings is 1. The minimum atomic E-state index is -0.487. The Hall–Kier alpha value is -1.47. The summed E-state index contributed by atoms with van der Waals surface area (Å²) in [6, 6.07) is 10.0. The number of hydrogen-bond acceptors (Lipinski definition) is 6. The Bertz CT molecular complexity index is 455. The molecule has 0 aromatic heterocycles. The summed E-state index contributed by atoms with van der Waals surface area (Å²) >= 11 is 0. The van der Waals surface area contributed by atoms with Gasteiger partial charge >= 0.3 is 5.97 Å². The van der Waals surface area contributed by atoms with Gasteiger partial charge < -0.3 is 23.7 Å². The smallest absolute Gasteiger partial charge is 0.332 e. The van der Waals surface area contributed by atoms with Crippen molar-refractivity contribution in [2.24, 2.45) is 0 Å². The van der Waals surface area contributed by atoms with Crippen molar-refractivity contribution < 1.29 is 28.5 Å². The van der Waals surface area contributed by atoms with Gasteiger partial charge in [0, 0.05) is 0 Å². The first-order valence-electron chi connectivity index (χ1n) is 8.54. The number of ether oxygens (including phenoxy) is 5. The van der Waals surface area contributed by atoms with Crippen LogP contribution in [0.3, 0.4) is 0 Å². The van der Waals surface area contributed by atoms with Gasteiger partial charge in [-0.15, -0.1) is 0 Å². The van der Waals surface area contributed by atoms with Crippen LogP contribution in [-0.2, 0) is 35.1 Å². The van der Waals surface area contributed by atoms with Crippen LogP contribution in [0.2, 0.25) is 0 Å². The molecule has 0 aliphatic rings. The molecule has 0 N–H and O–H groups in total. The van der Waals surface area contributed by atoms with E-state index in [0.29, 0.717) is 46.2 Å². The molecular weight excluding hydrogens is 324 g/mol. The molecule has 0 saturated carbocycles. The van der Waals surface area contributed by atoms with Crippen LogP contribution in [0.1, 0.15) is 26.3 Å². The zero-order chi connectivity index (χ0) is 18.4. The predicted molar refractivity (Wildman–Crippen MR) is 94.4 cm³/mol. The standard InChI is InChI=1S/C19H30O6/c1-19(2,3)25-18(20)16-24-14-12-22-10-9-21-11-13-23-15-17-7-5-4-6-8-17/h4-8H,9-16H2,1-3H3. The van der Waals surface area contributed by atoms with E-state index in [1.54, 1.807) is 0 Å². The summed E-state index contributed by atoms with van der Waals surface area (Å²) in [5, 5.41) is 0. The van der Waals surface area contributed by atoms with Crippen LogP contribution in [0.5, 0.6) is 0 Å². The van der Waals surface area contributed by atoms with E-state index >= 15 is 0 Å². The molecule has 1 aromatic rings. The van der Waals surface area contributed by atoms with Crippen molar-refractivity contribution >= 4 is 5.97 Å². The molecule has 25 heavy (non-hydrogen) atoms. The zero-order valence-electron chi connectivity index (χ0n) is 15.5. The van der Waals surface area contributed by atoms with Crippen LogP contribution in [0.4, 0.5) is 0 Å². The van der Waals surface area contributed by atoms with Crippen molar-refractivity contribution in [3.63, 3.8) is 0 Å². The van der Waals surface area contributed by atoms with Crippen molar-refractivity contribution in [3.8, 4) is 0 Å². The average Bonchev–Trinajstić information content (AvgIpc) is 2.55. The number of carbonyl (C=O) groups is 1. The molecule has 6 heteroatoms.